The molecule has 15 heteroatoms. The van der Waals surface area contributed by atoms with Crippen molar-refractivity contribution in [2.24, 2.45) is 5.92 Å². The van der Waals surface area contributed by atoms with Crippen molar-refractivity contribution < 1.29 is 104 Å². The van der Waals surface area contributed by atoms with Crippen LogP contribution in [0.3, 0.4) is 0 Å². The molecule has 0 saturated heterocycles. The first-order valence-corrected chi connectivity index (χ1v) is 8.91. The van der Waals surface area contributed by atoms with E-state index in [4.69, 9.17) is 62.8 Å². The summed E-state index contributed by atoms with van der Waals surface area (Å²) >= 11 is 1.50. The molecule has 0 aliphatic rings. The predicted molar refractivity (Wildman–Crippen MR) is 88.0 cm³/mol. The van der Waals surface area contributed by atoms with E-state index in [0.29, 0.717) is 6.61 Å². The molecule has 0 aromatic carbocycles. The maximum atomic E-state index is 8.25. The predicted octanol–water partition coefficient (Wildman–Crippen LogP) is -6.18. The number of rotatable bonds is 8. The molecule has 0 amide bonds. The Labute approximate surface area is 187 Å². The summed E-state index contributed by atoms with van der Waals surface area (Å²) in [6.45, 7) is 0.438. The summed E-state index contributed by atoms with van der Waals surface area (Å²) in [6.07, 6.45) is -2.75. The molecule has 2 atom stereocenters. The minimum atomic E-state index is -0.954. The monoisotopic (exact) mass is 496 g/mol. The van der Waals surface area contributed by atoms with Gasteiger partial charge in [-0.15, -0.1) is 0 Å². The molecule has 13 nitrogen and oxygen atoms in total. The summed E-state index contributed by atoms with van der Waals surface area (Å²) in [5.41, 5.74) is 0. The third kappa shape index (κ3) is 63.3. The van der Waals surface area contributed by atoms with Crippen LogP contribution >= 0.6 is 0 Å². The molecule has 0 radical (unpaired) electrons. The van der Waals surface area contributed by atoms with Gasteiger partial charge in [-0.05, 0) is 0 Å². The number of aliphatic hydroxyl groups excluding tert-OH is 9. The van der Waals surface area contributed by atoms with Crippen molar-refractivity contribution in [2.45, 2.75) is 25.2 Å². The molecule has 0 fully saturated rings. The average molecular weight is 496 g/mol. The van der Waals surface area contributed by atoms with Crippen molar-refractivity contribution in [3.05, 3.63) is 0 Å². The SMILES string of the molecule is CC(CO)C[OH2+].OCC(O)CO.OCC(O)CO.OCC(O)C[OH2+].[O]=[Ti].[O]=[Ti]. The van der Waals surface area contributed by atoms with E-state index in [1.54, 1.807) is 0 Å². The van der Waals surface area contributed by atoms with Crippen molar-refractivity contribution in [2.75, 3.05) is 52.9 Å². The molecule has 0 aromatic rings. The second-order valence-corrected chi connectivity index (χ2v) is 4.57. The molecule has 172 valence electrons. The second-order valence-electron chi connectivity index (χ2n) is 4.57. The summed E-state index contributed by atoms with van der Waals surface area (Å²) < 4.78 is 16.5. The van der Waals surface area contributed by atoms with Gasteiger partial charge in [-0.3, -0.25) is 0 Å². The summed E-state index contributed by atoms with van der Waals surface area (Å²) in [5, 5.41) is 85.5. The Morgan fingerprint density at radius 3 is 0.821 bits per heavy atom. The first kappa shape index (κ1) is 42.6. The van der Waals surface area contributed by atoms with E-state index < -0.39 is 18.3 Å². The Kier molecular flexibility index (Phi) is 70.1. The van der Waals surface area contributed by atoms with Gasteiger partial charge < -0.3 is 56.2 Å². The summed E-state index contributed by atoms with van der Waals surface area (Å²) in [4.78, 5) is 0. The summed E-state index contributed by atoms with van der Waals surface area (Å²) in [5.74, 6) is 0.157. The van der Waals surface area contributed by atoms with Gasteiger partial charge in [-0.2, -0.15) is 0 Å². The molecule has 28 heavy (non-hydrogen) atoms. The third-order valence-corrected chi connectivity index (χ3v) is 1.95. The zero-order valence-corrected chi connectivity index (χ0v) is 18.9. The number of aliphatic hydroxyl groups is 9. The van der Waals surface area contributed by atoms with Crippen LogP contribution in [0.1, 0.15) is 6.92 Å². The van der Waals surface area contributed by atoms with Gasteiger partial charge in [0.2, 0.25) is 0 Å². The van der Waals surface area contributed by atoms with Gasteiger partial charge in [0.15, 0.2) is 6.61 Å². The van der Waals surface area contributed by atoms with Crippen LogP contribution in [-0.2, 0) is 47.5 Å². The van der Waals surface area contributed by atoms with Crippen LogP contribution in [0.2, 0.25) is 0 Å². The molecule has 13 N–H and O–H groups in total. The van der Waals surface area contributed by atoms with Crippen LogP contribution in [0, 0.1) is 5.92 Å². The van der Waals surface area contributed by atoms with Gasteiger partial charge in [0.1, 0.15) is 24.9 Å². The Balaban J connectivity index is -0.0000000542. The van der Waals surface area contributed by atoms with Crippen LogP contribution in [-0.4, -0.2) is 127 Å². The topological polar surface area (TPSA) is 262 Å². The molecule has 0 saturated carbocycles. The minimum absolute atomic E-state index is 0.115. The maximum absolute atomic E-state index is 8.25. The first-order valence-electron chi connectivity index (χ1n) is 7.63. The zero-order valence-electron chi connectivity index (χ0n) is 15.8. The van der Waals surface area contributed by atoms with E-state index in [1.807, 2.05) is 6.92 Å². The van der Waals surface area contributed by atoms with E-state index >= 15 is 0 Å². The van der Waals surface area contributed by atoms with Crippen molar-refractivity contribution in [3.63, 3.8) is 0 Å². The molecular weight excluding hydrogens is 460 g/mol. The zero-order chi connectivity index (χ0) is 24.0. The summed E-state index contributed by atoms with van der Waals surface area (Å²) in [6, 6.07) is 0. The second kappa shape index (κ2) is 46.0. The van der Waals surface area contributed by atoms with Gasteiger partial charge in [-0.1, -0.05) is 6.92 Å². The normalized spacial score (nSPS) is 10.7. The molecule has 2 unspecified atom stereocenters. The van der Waals surface area contributed by atoms with Crippen LogP contribution in [0.5, 0.6) is 0 Å². The van der Waals surface area contributed by atoms with Gasteiger partial charge in [0.05, 0.1) is 39.6 Å². The molecule has 0 aromatic heterocycles. The van der Waals surface area contributed by atoms with E-state index in [9.17, 15) is 0 Å². The number of hydrogen-bond acceptors (Lipinski definition) is 11. The molecular formula is C13H36O13Ti2+2. The fraction of sp³-hybridized carbons (Fsp3) is 1.00. The van der Waals surface area contributed by atoms with Crippen molar-refractivity contribution in [3.8, 4) is 0 Å². The fourth-order valence-electron chi connectivity index (χ4n) is 0.245. The Morgan fingerprint density at radius 1 is 0.571 bits per heavy atom. The number of hydrogen-bond donors (Lipinski definition) is 9. The standard InChI is InChI=1S/C4H10O2.3C3H8O3.2O.2Ti/c1-4(2-5)3-6;3*4-1-3(6)2-5;;;;/h4-6H,2-3H2,1H3;3*3-6H,1-2H2;;;;/p+2. The van der Waals surface area contributed by atoms with Crippen molar-refractivity contribution in [1.29, 1.82) is 0 Å². The van der Waals surface area contributed by atoms with Gasteiger partial charge in [0, 0.05) is 5.92 Å². The van der Waals surface area contributed by atoms with Crippen LogP contribution in [0.15, 0.2) is 0 Å². The Hall–Kier alpha value is 0.589. The average Bonchev–Trinajstić information content (AvgIpc) is 2.80. The molecule has 0 rings (SSSR count). The van der Waals surface area contributed by atoms with Gasteiger partial charge in [-0.25, -0.2) is 0 Å². The van der Waals surface area contributed by atoms with E-state index in [-0.39, 0.29) is 52.2 Å². The van der Waals surface area contributed by atoms with Crippen molar-refractivity contribution >= 4 is 0 Å². The molecule has 0 aliphatic carbocycles. The molecule has 0 aliphatic heterocycles. The van der Waals surface area contributed by atoms with E-state index in [0.717, 1.165) is 40.8 Å². The Bertz CT molecular complexity index is 175. The van der Waals surface area contributed by atoms with E-state index in [1.165, 1.54) is 0 Å². The summed E-state index contributed by atoms with van der Waals surface area (Å²) in [7, 11) is 0. The van der Waals surface area contributed by atoms with Crippen LogP contribution < -0.4 is 0 Å². The van der Waals surface area contributed by atoms with E-state index in [2.05, 4.69) is 0 Å². The fourth-order valence-corrected chi connectivity index (χ4v) is 0.245. The van der Waals surface area contributed by atoms with Gasteiger partial charge >= 0.3 is 47.5 Å². The van der Waals surface area contributed by atoms with Gasteiger partial charge in [0.25, 0.3) is 0 Å². The van der Waals surface area contributed by atoms with Crippen LogP contribution in [0.25, 0.3) is 0 Å². The first-order chi connectivity index (χ1) is 13.2. The van der Waals surface area contributed by atoms with Crippen molar-refractivity contribution in [1.82, 2.24) is 0 Å². The quantitative estimate of drug-likeness (QED) is 0.113. The molecule has 0 bridgehead atoms. The van der Waals surface area contributed by atoms with Crippen LogP contribution in [0.4, 0.5) is 0 Å². The molecule has 0 spiro atoms. The Morgan fingerprint density at radius 2 is 0.821 bits per heavy atom. The molecule has 0 heterocycles. The third-order valence-electron chi connectivity index (χ3n) is 1.95.